The van der Waals surface area contributed by atoms with Crippen LogP contribution in [0.2, 0.25) is 0 Å². The van der Waals surface area contributed by atoms with Gasteiger partial charge in [0.15, 0.2) is 0 Å². The van der Waals surface area contributed by atoms with E-state index in [9.17, 15) is 9.59 Å². The monoisotopic (exact) mass is 269 g/mol. The second-order valence-corrected chi connectivity index (χ2v) is 5.71. The second-order valence-electron chi connectivity index (χ2n) is 5.71. The van der Waals surface area contributed by atoms with Crippen molar-refractivity contribution in [2.75, 3.05) is 40.3 Å². The summed E-state index contributed by atoms with van der Waals surface area (Å²) in [5.41, 5.74) is 0. The van der Waals surface area contributed by atoms with E-state index in [1.54, 1.807) is 9.80 Å². The van der Waals surface area contributed by atoms with Crippen LogP contribution >= 0.6 is 0 Å². The number of rotatable bonds is 3. The Morgan fingerprint density at radius 2 is 2.05 bits per heavy atom. The molecule has 2 saturated heterocycles. The Morgan fingerprint density at radius 3 is 2.58 bits per heavy atom. The molecule has 1 N–H and O–H groups in total. The van der Waals surface area contributed by atoms with Gasteiger partial charge in [-0.3, -0.25) is 4.79 Å². The highest BCUT2D eigenvalue weighted by molar-refractivity contribution is 5.77. The van der Waals surface area contributed by atoms with Crippen LogP contribution in [-0.2, 0) is 4.79 Å². The zero-order chi connectivity index (χ0) is 14.0. The van der Waals surface area contributed by atoms with Crippen LogP contribution in [0.4, 0.5) is 4.79 Å². The molecule has 2 fully saturated rings. The van der Waals surface area contributed by atoms with Crippen molar-refractivity contribution in [3.8, 4) is 0 Å². The minimum absolute atomic E-state index is 0.0379. The first-order chi connectivity index (χ1) is 8.99. The molecule has 2 atom stereocenters. The number of hydrogen-bond donors (Lipinski definition) is 1. The summed E-state index contributed by atoms with van der Waals surface area (Å²) in [6.45, 7) is 2.72. The third-order valence-electron chi connectivity index (χ3n) is 4.29. The van der Waals surface area contributed by atoms with Gasteiger partial charge in [0.05, 0.1) is 5.92 Å². The third-order valence-corrected chi connectivity index (χ3v) is 4.29. The lowest BCUT2D eigenvalue weighted by Crippen LogP contribution is -2.45. The maximum atomic E-state index is 12.2. The molecule has 0 saturated carbocycles. The molecule has 0 radical (unpaired) electrons. The molecule has 0 spiro atoms. The van der Waals surface area contributed by atoms with Crippen LogP contribution in [0.25, 0.3) is 0 Å². The Balaban J connectivity index is 1.84. The first-order valence-electron chi connectivity index (χ1n) is 6.92. The van der Waals surface area contributed by atoms with Crippen LogP contribution in [0.15, 0.2) is 0 Å². The van der Waals surface area contributed by atoms with Gasteiger partial charge in [-0.15, -0.1) is 0 Å². The Morgan fingerprint density at radius 1 is 1.32 bits per heavy atom. The highest BCUT2D eigenvalue weighted by atomic mass is 16.4. The van der Waals surface area contributed by atoms with Crippen molar-refractivity contribution in [3.63, 3.8) is 0 Å². The average Bonchev–Trinajstić information content (AvgIpc) is 2.98. The van der Waals surface area contributed by atoms with E-state index in [0.717, 1.165) is 19.5 Å². The molecule has 2 rings (SSSR count). The van der Waals surface area contributed by atoms with E-state index in [1.807, 2.05) is 7.05 Å². The van der Waals surface area contributed by atoms with Gasteiger partial charge in [0.2, 0.25) is 0 Å². The van der Waals surface area contributed by atoms with Crippen LogP contribution < -0.4 is 0 Å². The van der Waals surface area contributed by atoms with E-state index in [4.69, 9.17) is 5.11 Å². The Bertz CT molecular complexity index is 361. The fourth-order valence-electron chi connectivity index (χ4n) is 2.98. The van der Waals surface area contributed by atoms with Crippen molar-refractivity contribution < 1.29 is 14.7 Å². The van der Waals surface area contributed by atoms with Crippen LogP contribution in [0, 0.1) is 5.92 Å². The van der Waals surface area contributed by atoms with Crippen molar-refractivity contribution in [2.45, 2.75) is 25.3 Å². The van der Waals surface area contributed by atoms with Gasteiger partial charge in [-0.05, 0) is 32.9 Å². The molecule has 108 valence electrons. The van der Waals surface area contributed by atoms with E-state index >= 15 is 0 Å². The maximum absolute atomic E-state index is 12.2. The van der Waals surface area contributed by atoms with Gasteiger partial charge in [0.25, 0.3) is 0 Å². The quantitative estimate of drug-likeness (QED) is 0.812. The molecule has 2 aliphatic rings. The van der Waals surface area contributed by atoms with E-state index in [-0.39, 0.29) is 6.03 Å². The average molecular weight is 269 g/mol. The van der Waals surface area contributed by atoms with E-state index in [2.05, 4.69) is 11.9 Å². The molecule has 0 aromatic carbocycles. The first kappa shape index (κ1) is 14.1. The third kappa shape index (κ3) is 3.18. The lowest BCUT2D eigenvalue weighted by atomic mass is 10.1. The summed E-state index contributed by atoms with van der Waals surface area (Å²) >= 11 is 0. The van der Waals surface area contributed by atoms with Gasteiger partial charge in [-0.2, -0.15) is 0 Å². The first-order valence-corrected chi connectivity index (χ1v) is 6.92. The minimum Gasteiger partial charge on any atom is -0.481 e. The summed E-state index contributed by atoms with van der Waals surface area (Å²) in [5, 5.41) is 8.96. The number of carboxylic acid groups (broad SMARTS) is 1. The van der Waals surface area contributed by atoms with E-state index in [1.165, 1.54) is 6.42 Å². The van der Waals surface area contributed by atoms with Gasteiger partial charge in [0, 0.05) is 32.7 Å². The maximum Gasteiger partial charge on any atom is 0.319 e. The number of urea groups is 1. The van der Waals surface area contributed by atoms with Crippen LogP contribution in [0.3, 0.4) is 0 Å². The summed E-state index contributed by atoms with van der Waals surface area (Å²) in [7, 11) is 3.90. The normalized spacial score (nSPS) is 27.8. The zero-order valence-corrected chi connectivity index (χ0v) is 11.7. The number of carbonyl (C=O) groups is 2. The summed E-state index contributed by atoms with van der Waals surface area (Å²) in [6.07, 6.45) is 2.89. The molecule has 0 aromatic heterocycles. The van der Waals surface area contributed by atoms with Gasteiger partial charge >= 0.3 is 12.0 Å². The molecule has 19 heavy (non-hydrogen) atoms. The molecule has 2 aliphatic heterocycles. The molecule has 0 aromatic rings. The minimum atomic E-state index is -0.798. The topological polar surface area (TPSA) is 64.1 Å². The summed E-state index contributed by atoms with van der Waals surface area (Å²) in [6, 6.07) is 0.399. The smallest absolute Gasteiger partial charge is 0.319 e. The van der Waals surface area contributed by atoms with Crippen LogP contribution in [0.1, 0.15) is 19.3 Å². The molecule has 0 bridgehead atoms. The number of carboxylic acids is 1. The number of aliphatic carboxylic acids is 1. The van der Waals surface area contributed by atoms with Crippen molar-refractivity contribution in [3.05, 3.63) is 0 Å². The largest absolute Gasteiger partial charge is 0.481 e. The SMILES string of the molecule is CN(CC1CCCN1C)C(=O)N1CCC(C(=O)O)C1. The number of likely N-dealkylation sites (N-methyl/N-ethyl adjacent to an activating group) is 2. The highest BCUT2D eigenvalue weighted by Gasteiger charge is 2.33. The van der Waals surface area contributed by atoms with Crippen LogP contribution in [-0.4, -0.2) is 78.1 Å². The van der Waals surface area contributed by atoms with Gasteiger partial charge < -0.3 is 19.8 Å². The summed E-state index contributed by atoms with van der Waals surface area (Å²) in [5.74, 6) is -1.19. The fourth-order valence-corrected chi connectivity index (χ4v) is 2.98. The molecular weight excluding hydrogens is 246 g/mol. The van der Waals surface area contributed by atoms with Gasteiger partial charge in [-0.1, -0.05) is 0 Å². The molecule has 2 amide bonds. The molecule has 6 nitrogen and oxygen atoms in total. The number of nitrogens with zero attached hydrogens (tertiary/aromatic N) is 3. The van der Waals surface area contributed by atoms with Crippen molar-refractivity contribution in [1.29, 1.82) is 0 Å². The van der Waals surface area contributed by atoms with Crippen molar-refractivity contribution in [1.82, 2.24) is 14.7 Å². The lowest BCUT2D eigenvalue weighted by Gasteiger charge is -2.29. The predicted molar refractivity (Wildman–Crippen MR) is 71.0 cm³/mol. The van der Waals surface area contributed by atoms with E-state index in [0.29, 0.717) is 25.6 Å². The number of carbonyl (C=O) groups excluding carboxylic acids is 1. The standard InChI is InChI=1S/C13H23N3O3/c1-14-6-3-4-11(14)9-15(2)13(19)16-7-5-10(8-16)12(17)18/h10-11H,3-9H2,1-2H3,(H,17,18). The molecule has 2 heterocycles. The summed E-state index contributed by atoms with van der Waals surface area (Å²) < 4.78 is 0. The molecule has 6 heteroatoms. The second kappa shape index (κ2) is 5.77. The highest BCUT2D eigenvalue weighted by Crippen LogP contribution is 2.19. The Labute approximate surface area is 114 Å². The van der Waals surface area contributed by atoms with Crippen molar-refractivity contribution in [2.24, 2.45) is 5.92 Å². The van der Waals surface area contributed by atoms with Crippen LogP contribution in [0.5, 0.6) is 0 Å². The van der Waals surface area contributed by atoms with Crippen molar-refractivity contribution >= 4 is 12.0 Å². The number of likely N-dealkylation sites (tertiary alicyclic amines) is 2. The fraction of sp³-hybridized carbons (Fsp3) is 0.846. The lowest BCUT2D eigenvalue weighted by molar-refractivity contribution is -0.141. The predicted octanol–water partition coefficient (Wildman–Crippen LogP) is 0.539. The summed E-state index contributed by atoms with van der Waals surface area (Å²) in [4.78, 5) is 28.8. The molecular formula is C13H23N3O3. The van der Waals surface area contributed by atoms with Gasteiger partial charge in [-0.25, -0.2) is 4.79 Å². The number of hydrogen-bond acceptors (Lipinski definition) is 3. The van der Waals surface area contributed by atoms with E-state index < -0.39 is 11.9 Å². The van der Waals surface area contributed by atoms with Gasteiger partial charge in [0.1, 0.15) is 0 Å². The Hall–Kier alpha value is -1.30. The molecule has 2 unspecified atom stereocenters. The zero-order valence-electron chi connectivity index (χ0n) is 11.7. The number of amides is 2. The Kier molecular flexibility index (Phi) is 4.29. The molecule has 0 aliphatic carbocycles.